The first-order chi connectivity index (χ1) is 17.0. The summed E-state index contributed by atoms with van der Waals surface area (Å²) in [6.07, 6.45) is -0.640. The lowest BCUT2D eigenvalue weighted by Gasteiger charge is -2.28. The zero-order chi connectivity index (χ0) is 24.2. The molecule has 0 radical (unpaired) electrons. The van der Waals surface area contributed by atoms with Gasteiger partial charge in [-0.15, -0.1) is 0 Å². The third-order valence-electron chi connectivity index (χ3n) is 7.29. The molecule has 2 saturated heterocycles. The Bertz CT molecular complexity index is 1380. The van der Waals surface area contributed by atoms with Crippen LogP contribution in [0.1, 0.15) is 23.5 Å². The largest absolute Gasteiger partial charge is 0.448 e. The van der Waals surface area contributed by atoms with E-state index in [1.807, 2.05) is 48.5 Å². The van der Waals surface area contributed by atoms with Crippen molar-refractivity contribution in [2.24, 2.45) is 0 Å². The van der Waals surface area contributed by atoms with Crippen LogP contribution in [0.15, 0.2) is 83.8 Å². The number of amides is 1. The molecule has 3 aromatic carbocycles. The standard InChI is InChI=1S/C27H24N2O5S/c30-24-15-28-23-14-25(35(32,33)17-8-2-1-3-9-17)29(26(23)24)27(31)34-16-22-20-12-6-4-10-18(20)19-11-5-7-13-21(19)22/h1-13,22-23,25-26,28H,14-16H2/t23?,25?,26-/m0/s1. The van der Waals surface area contributed by atoms with Crippen molar-refractivity contribution >= 4 is 21.7 Å². The summed E-state index contributed by atoms with van der Waals surface area (Å²) in [4.78, 5) is 27.4. The van der Waals surface area contributed by atoms with E-state index in [2.05, 4.69) is 5.32 Å². The van der Waals surface area contributed by atoms with E-state index in [1.165, 1.54) is 12.1 Å². The van der Waals surface area contributed by atoms with Gasteiger partial charge in [-0.2, -0.15) is 0 Å². The number of sulfone groups is 1. The summed E-state index contributed by atoms with van der Waals surface area (Å²) in [5, 5.41) is 1.89. The highest BCUT2D eigenvalue weighted by Gasteiger charge is 2.55. The summed E-state index contributed by atoms with van der Waals surface area (Å²) in [5.74, 6) is -0.361. The van der Waals surface area contributed by atoms with Crippen LogP contribution < -0.4 is 5.32 Å². The second-order valence-electron chi connectivity index (χ2n) is 9.16. The minimum absolute atomic E-state index is 0.0560. The highest BCUT2D eigenvalue weighted by atomic mass is 32.2. The SMILES string of the molecule is O=C1CNC2CC(S(=O)(=O)c3ccccc3)N(C(=O)OCC3c4ccccc4-c4ccccc43)[C@H]12. The van der Waals surface area contributed by atoms with Gasteiger partial charge in [0.2, 0.25) is 0 Å². The van der Waals surface area contributed by atoms with E-state index in [-0.39, 0.29) is 36.2 Å². The highest BCUT2D eigenvalue weighted by molar-refractivity contribution is 7.92. The molecule has 6 rings (SSSR count). The van der Waals surface area contributed by atoms with Crippen molar-refractivity contribution in [2.75, 3.05) is 13.2 Å². The lowest BCUT2D eigenvalue weighted by Crippen LogP contribution is -2.48. The minimum atomic E-state index is -3.90. The number of rotatable bonds is 4. The Morgan fingerprint density at radius 3 is 2.17 bits per heavy atom. The van der Waals surface area contributed by atoms with Crippen molar-refractivity contribution in [2.45, 2.75) is 34.7 Å². The molecule has 1 aliphatic carbocycles. The molecule has 1 amide bonds. The lowest BCUT2D eigenvalue weighted by atomic mass is 9.98. The number of benzene rings is 3. The van der Waals surface area contributed by atoms with E-state index < -0.39 is 33.4 Å². The fraction of sp³-hybridized carbons (Fsp3) is 0.259. The molecule has 2 aliphatic heterocycles. The van der Waals surface area contributed by atoms with Gasteiger partial charge in [0, 0.05) is 18.4 Å². The zero-order valence-corrected chi connectivity index (χ0v) is 19.6. The topological polar surface area (TPSA) is 92.8 Å². The van der Waals surface area contributed by atoms with E-state index in [1.54, 1.807) is 18.2 Å². The lowest BCUT2D eigenvalue weighted by molar-refractivity contribution is -0.120. The van der Waals surface area contributed by atoms with Crippen LogP contribution in [0.4, 0.5) is 4.79 Å². The van der Waals surface area contributed by atoms with Crippen LogP contribution in [0.5, 0.6) is 0 Å². The quantitative estimate of drug-likeness (QED) is 0.606. The molecule has 0 bridgehead atoms. The van der Waals surface area contributed by atoms with Crippen molar-refractivity contribution in [3.8, 4) is 11.1 Å². The van der Waals surface area contributed by atoms with E-state index in [9.17, 15) is 18.0 Å². The Kier molecular flexibility index (Phi) is 5.23. The number of carbonyl (C=O) groups is 2. The number of likely N-dealkylation sites (tertiary alicyclic amines) is 1. The van der Waals surface area contributed by atoms with Gasteiger partial charge >= 0.3 is 6.09 Å². The van der Waals surface area contributed by atoms with Crippen molar-refractivity contribution in [1.29, 1.82) is 0 Å². The molecular formula is C27H24N2O5S. The molecule has 1 N–H and O–H groups in total. The van der Waals surface area contributed by atoms with Gasteiger partial charge < -0.3 is 10.1 Å². The first-order valence-corrected chi connectivity index (χ1v) is 13.2. The molecule has 3 aromatic rings. The maximum absolute atomic E-state index is 13.5. The van der Waals surface area contributed by atoms with Crippen molar-refractivity contribution in [3.05, 3.63) is 90.0 Å². The Balaban J connectivity index is 1.30. The molecule has 0 aromatic heterocycles. The number of nitrogens with one attached hydrogen (secondary N) is 1. The molecule has 2 unspecified atom stereocenters. The van der Waals surface area contributed by atoms with E-state index in [0.717, 1.165) is 27.2 Å². The third kappa shape index (κ3) is 3.47. The van der Waals surface area contributed by atoms with Crippen LogP contribution in [-0.4, -0.2) is 55.8 Å². The molecule has 7 nitrogen and oxygen atoms in total. The van der Waals surface area contributed by atoms with Gasteiger partial charge in [-0.1, -0.05) is 66.7 Å². The molecule has 178 valence electrons. The number of Topliss-reactive ketones (excluding diaryl/α,β-unsaturated/α-hetero) is 1. The summed E-state index contributed by atoms with van der Waals surface area (Å²) < 4.78 is 32.8. The number of hydrogen-bond donors (Lipinski definition) is 1. The maximum atomic E-state index is 13.5. The van der Waals surface area contributed by atoms with Crippen LogP contribution in [0, 0.1) is 0 Å². The third-order valence-corrected chi connectivity index (χ3v) is 9.36. The fourth-order valence-electron chi connectivity index (χ4n) is 5.69. The van der Waals surface area contributed by atoms with Crippen LogP contribution in [0.2, 0.25) is 0 Å². The Hall–Kier alpha value is -3.49. The fourth-order valence-corrected chi connectivity index (χ4v) is 7.51. The molecule has 0 spiro atoms. The Labute approximate surface area is 203 Å². The second kappa shape index (κ2) is 8.32. The summed E-state index contributed by atoms with van der Waals surface area (Å²) in [6.45, 7) is 0.168. The molecule has 3 atom stereocenters. The number of nitrogens with zero attached hydrogens (tertiary/aromatic N) is 1. The smallest absolute Gasteiger partial charge is 0.411 e. The van der Waals surface area contributed by atoms with Gasteiger partial charge in [0.25, 0.3) is 0 Å². The van der Waals surface area contributed by atoms with Gasteiger partial charge in [-0.3, -0.25) is 9.69 Å². The van der Waals surface area contributed by atoms with Gasteiger partial charge in [0.05, 0.1) is 11.4 Å². The number of hydrogen-bond acceptors (Lipinski definition) is 6. The zero-order valence-electron chi connectivity index (χ0n) is 18.8. The van der Waals surface area contributed by atoms with Gasteiger partial charge in [-0.25, -0.2) is 13.2 Å². The van der Waals surface area contributed by atoms with Gasteiger partial charge in [0.15, 0.2) is 15.6 Å². The molecule has 0 saturated carbocycles. The number of ketones is 1. The first-order valence-electron chi connectivity index (χ1n) is 11.6. The average molecular weight is 489 g/mol. The van der Waals surface area contributed by atoms with Crippen LogP contribution >= 0.6 is 0 Å². The van der Waals surface area contributed by atoms with Crippen molar-refractivity contribution in [1.82, 2.24) is 10.2 Å². The van der Waals surface area contributed by atoms with Crippen LogP contribution in [-0.2, 0) is 19.4 Å². The highest BCUT2D eigenvalue weighted by Crippen LogP contribution is 2.45. The molecule has 2 heterocycles. The van der Waals surface area contributed by atoms with Crippen molar-refractivity contribution < 1.29 is 22.7 Å². The van der Waals surface area contributed by atoms with Crippen molar-refractivity contribution in [3.63, 3.8) is 0 Å². The van der Waals surface area contributed by atoms with E-state index >= 15 is 0 Å². The summed E-state index contributed by atoms with van der Waals surface area (Å²) in [7, 11) is -3.90. The summed E-state index contributed by atoms with van der Waals surface area (Å²) in [5.41, 5.74) is 4.33. The normalized spacial score (nSPS) is 23.1. The summed E-state index contributed by atoms with van der Waals surface area (Å²) >= 11 is 0. The monoisotopic (exact) mass is 488 g/mol. The number of carbonyl (C=O) groups excluding carboxylic acids is 2. The van der Waals surface area contributed by atoms with E-state index in [4.69, 9.17) is 4.74 Å². The molecular weight excluding hydrogens is 464 g/mol. The average Bonchev–Trinajstić information content (AvgIpc) is 3.54. The molecule has 3 aliphatic rings. The predicted octanol–water partition coefficient (Wildman–Crippen LogP) is 3.35. The van der Waals surface area contributed by atoms with E-state index in [0.29, 0.717) is 0 Å². The van der Waals surface area contributed by atoms with Gasteiger partial charge in [-0.05, 0) is 34.4 Å². The number of ether oxygens (including phenoxy) is 1. The Morgan fingerprint density at radius 1 is 0.914 bits per heavy atom. The maximum Gasteiger partial charge on any atom is 0.411 e. The number of fused-ring (bicyclic) bond motifs is 4. The first kappa shape index (κ1) is 22.0. The molecule has 35 heavy (non-hydrogen) atoms. The molecule has 8 heteroatoms. The van der Waals surface area contributed by atoms with Gasteiger partial charge in [0.1, 0.15) is 18.0 Å². The molecule has 2 fully saturated rings. The van der Waals surface area contributed by atoms with Crippen LogP contribution in [0.3, 0.4) is 0 Å². The minimum Gasteiger partial charge on any atom is -0.448 e. The Morgan fingerprint density at radius 2 is 1.51 bits per heavy atom. The van der Waals surface area contributed by atoms with Crippen LogP contribution in [0.25, 0.3) is 11.1 Å². The second-order valence-corrected chi connectivity index (χ2v) is 11.3. The summed E-state index contributed by atoms with van der Waals surface area (Å²) in [6, 6.07) is 22.8. The predicted molar refractivity (Wildman–Crippen MR) is 130 cm³/mol.